The second-order valence-corrected chi connectivity index (χ2v) is 8.24. The third kappa shape index (κ3) is 5.06. The quantitative estimate of drug-likeness (QED) is 0.513. The van der Waals surface area contributed by atoms with Gasteiger partial charge in [-0.25, -0.2) is 9.97 Å². The number of hydrogen-bond donors (Lipinski definition) is 2. The Morgan fingerprint density at radius 1 is 1.10 bits per heavy atom. The molecule has 158 valence electrons. The second kappa shape index (κ2) is 8.81. The molecule has 1 amide bonds. The Hall–Kier alpha value is -3.32. The summed E-state index contributed by atoms with van der Waals surface area (Å²) in [6.07, 6.45) is 7.60. The molecule has 0 atom stereocenters. The van der Waals surface area contributed by atoms with Gasteiger partial charge in [0.1, 0.15) is 6.33 Å². The number of anilines is 2. The van der Waals surface area contributed by atoms with Crippen molar-refractivity contribution in [3.05, 3.63) is 77.1 Å². The first-order chi connectivity index (χ1) is 14.9. The van der Waals surface area contributed by atoms with Gasteiger partial charge in [-0.1, -0.05) is 17.7 Å². The topological polar surface area (TPSA) is 96.9 Å². The summed E-state index contributed by atoms with van der Waals surface area (Å²) >= 11 is 6.26. The molecule has 2 aromatic heterocycles. The zero-order chi connectivity index (χ0) is 21.8. The largest absolute Gasteiger partial charge is 0.353 e. The van der Waals surface area contributed by atoms with Gasteiger partial charge in [0.2, 0.25) is 5.91 Å². The van der Waals surface area contributed by atoms with Crippen LogP contribution in [0.5, 0.6) is 0 Å². The highest BCUT2D eigenvalue weighted by atomic mass is 35.5. The third-order valence-corrected chi connectivity index (χ3v) is 5.69. The molecule has 2 heterocycles. The van der Waals surface area contributed by atoms with Crippen molar-refractivity contribution in [1.82, 2.24) is 20.3 Å². The standard InChI is InChI=1S/C23H22ClN5O2/c1-15-2-5-20(19(24)8-15)29-18-4-3-17(27-13-18)12-28-22(31)23(6-7-23)9-21(30)16-10-25-14-26-11-16/h2-5,8,10-11,13-14,29H,6-7,9,12H2,1H3,(H,28,31). The van der Waals surface area contributed by atoms with Crippen LogP contribution in [0, 0.1) is 12.3 Å². The number of aryl methyl sites for hydroxylation is 1. The van der Waals surface area contributed by atoms with E-state index < -0.39 is 5.41 Å². The summed E-state index contributed by atoms with van der Waals surface area (Å²) in [5.41, 5.74) is 3.23. The number of amides is 1. The fraction of sp³-hybridized carbons (Fsp3) is 0.261. The highest BCUT2D eigenvalue weighted by Gasteiger charge is 2.51. The van der Waals surface area contributed by atoms with Crippen molar-refractivity contribution in [3.8, 4) is 0 Å². The monoisotopic (exact) mass is 435 g/mol. The molecule has 0 radical (unpaired) electrons. The van der Waals surface area contributed by atoms with Gasteiger partial charge >= 0.3 is 0 Å². The Kier molecular flexibility index (Phi) is 5.95. The van der Waals surface area contributed by atoms with Crippen LogP contribution in [0.25, 0.3) is 0 Å². The maximum absolute atomic E-state index is 12.7. The van der Waals surface area contributed by atoms with Gasteiger partial charge in [0, 0.05) is 18.8 Å². The average Bonchev–Trinajstić information content (AvgIpc) is 3.56. The minimum absolute atomic E-state index is 0.114. The van der Waals surface area contributed by atoms with E-state index in [0.29, 0.717) is 30.0 Å². The van der Waals surface area contributed by atoms with Crippen molar-refractivity contribution in [2.45, 2.75) is 32.7 Å². The number of Topliss-reactive ketones (excluding diaryl/α,β-unsaturated/α-hetero) is 1. The Morgan fingerprint density at radius 3 is 2.52 bits per heavy atom. The molecule has 1 fully saturated rings. The van der Waals surface area contributed by atoms with Gasteiger partial charge in [0.25, 0.3) is 0 Å². The maximum Gasteiger partial charge on any atom is 0.226 e. The molecular formula is C23H22ClN5O2. The van der Waals surface area contributed by atoms with E-state index in [9.17, 15) is 9.59 Å². The van der Waals surface area contributed by atoms with Crippen LogP contribution in [0.4, 0.5) is 11.4 Å². The summed E-state index contributed by atoms with van der Waals surface area (Å²) < 4.78 is 0. The lowest BCUT2D eigenvalue weighted by molar-refractivity contribution is -0.126. The molecule has 0 saturated heterocycles. The molecule has 0 unspecified atom stereocenters. The van der Waals surface area contributed by atoms with E-state index in [4.69, 9.17) is 11.6 Å². The number of ketones is 1. The Bertz CT molecular complexity index is 1100. The first kappa shape index (κ1) is 20.9. The van der Waals surface area contributed by atoms with Gasteiger partial charge in [0.15, 0.2) is 5.78 Å². The van der Waals surface area contributed by atoms with Crippen LogP contribution in [-0.2, 0) is 11.3 Å². The highest BCUT2D eigenvalue weighted by Crippen LogP contribution is 2.49. The molecule has 2 N–H and O–H groups in total. The lowest BCUT2D eigenvalue weighted by Crippen LogP contribution is -2.33. The molecule has 1 saturated carbocycles. The van der Waals surface area contributed by atoms with Gasteiger partial charge in [0.05, 0.1) is 45.8 Å². The number of nitrogens with zero attached hydrogens (tertiary/aromatic N) is 3. The molecule has 1 aliphatic carbocycles. The summed E-state index contributed by atoms with van der Waals surface area (Å²) in [6, 6.07) is 9.52. The lowest BCUT2D eigenvalue weighted by atomic mass is 9.96. The van der Waals surface area contributed by atoms with Crippen LogP contribution in [0.15, 0.2) is 55.2 Å². The van der Waals surface area contributed by atoms with Crippen LogP contribution in [0.2, 0.25) is 5.02 Å². The molecule has 0 bridgehead atoms. The Balaban J connectivity index is 1.31. The number of aromatic nitrogens is 3. The van der Waals surface area contributed by atoms with Crippen molar-refractivity contribution in [2.24, 2.45) is 5.41 Å². The predicted octanol–water partition coefficient (Wildman–Crippen LogP) is 4.25. The van der Waals surface area contributed by atoms with Gasteiger partial charge in [-0.2, -0.15) is 0 Å². The summed E-state index contributed by atoms with van der Waals surface area (Å²) in [4.78, 5) is 37.2. The molecule has 4 rings (SSSR count). The number of halogens is 1. The van der Waals surface area contributed by atoms with Crippen molar-refractivity contribution in [1.29, 1.82) is 0 Å². The molecule has 0 aliphatic heterocycles. The van der Waals surface area contributed by atoms with Gasteiger partial charge in [-0.3, -0.25) is 14.6 Å². The smallest absolute Gasteiger partial charge is 0.226 e. The highest BCUT2D eigenvalue weighted by molar-refractivity contribution is 6.33. The molecule has 31 heavy (non-hydrogen) atoms. The van der Waals surface area contributed by atoms with E-state index in [1.54, 1.807) is 6.20 Å². The van der Waals surface area contributed by atoms with E-state index in [1.807, 2.05) is 37.3 Å². The third-order valence-electron chi connectivity index (χ3n) is 5.38. The van der Waals surface area contributed by atoms with E-state index in [-0.39, 0.29) is 18.1 Å². The van der Waals surface area contributed by atoms with E-state index in [0.717, 1.165) is 22.6 Å². The normalized spacial score (nSPS) is 14.0. The Labute approximate surface area is 185 Å². The number of benzene rings is 1. The maximum atomic E-state index is 12.7. The zero-order valence-electron chi connectivity index (χ0n) is 17.1. The Morgan fingerprint density at radius 2 is 1.87 bits per heavy atom. The lowest BCUT2D eigenvalue weighted by Gasteiger charge is -2.14. The summed E-state index contributed by atoms with van der Waals surface area (Å²) in [5, 5.41) is 6.79. The molecule has 1 aromatic carbocycles. The zero-order valence-corrected chi connectivity index (χ0v) is 17.8. The fourth-order valence-electron chi connectivity index (χ4n) is 3.33. The summed E-state index contributed by atoms with van der Waals surface area (Å²) in [6.45, 7) is 2.28. The number of pyridine rings is 1. The second-order valence-electron chi connectivity index (χ2n) is 7.84. The first-order valence-corrected chi connectivity index (χ1v) is 10.4. The minimum atomic E-state index is -0.628. The molecule has 8 heteroatoms. The molecule has 1 aliphatic rings. The van der Waals surface area contributed by atoms with Crippen LogP contribution in [-0.4, -0.2) is 26.6 Å². The van der Waals surface area contributed by atoms with Crippen molar-refractivity contribution < 1.29 is 9.59 Å². The SMILES string of the molecule is Cc1ccc(Nc2ccc(CNC(=O)C3(CC(=O)c4cncnc4)CC3)nc2)c(Cl)c1. The number of nitrogens with one attached hydrogen (secondary N) is 2. The molecule has 3 aromatic rings. The number of hydrogen-bond acceptors (Lipinski definition) is 6. The van der Waals surface area contributed by atoms with Crippen LogP contribution in [0.3, 0.4) is 0 Å². The summed E-state index contributed by atoms with van der Waals surface area (Å²) in [7, 11) is 0. The summed E-state index contributed by atoms with van der Waals surface area (Å²) in [5.74, 6) is -0.232. The molecule has 0 spiro atoms. The molecule has 7 nitrogen and oxygen atoms in total. The first-order valence-electron chi connectivity index (χ1n) is 10.00. The van der Waals surface area contributed by atoms with Crippen LogP contribution in [0.1, 0.15) is 40.9 Å². The fourth-order valence-corrected chi connectivity index (χ4v) is 3.61. The van der Waals surface area contributed by atoms with Crippen LogP contribution < -0.4 is 10.6 Å². The van der Waals surface area contributed by atoms with Crippen molar-refractivity contribution in [3.63, 3.8) is 0 Å². The van der Waals surface area contributed by atoms with E-state index >= 15 is 0 Å². The van der Waals surface area contributed by atoms with Gasteiger partial charge in [-0.05, 0) is 49.6 Å². The van der Waals surface area contributed by atoms with E-state index in [2.05, 4.69) is 25.6 Å². The number of rotatable bonds is 8. The number of carbonyl (C=O) groups is 2. The van der Waals surface area contributed by atoms with Gasteiger partial charge < -0.3 is 10.6 Å². The number of carbonyl (C=O) groups excluding carboxylic acids is 2. The minimum Gasteiger partial charge on any atom is -0.353 e. The van der Waals surface area contributed by atoms with Crippen LogP contribution >= 0.6 is 11.6 Å². The van der Waals surface area contributed by atoms with Crippen molar-refractivity contribution >= 4 is 34.7 Å². The van der Waals surface area contributed by atoms with Crippen molar-refractivity contribution in [2.75, 3.05) is 5.32 Å². The van der Waals surface area contributed by atoms with E-state index in [1.165, 1.54) is 18.7 Å². The average molecular weight is 436 g/mol. The molecular weight excluding hydrogens is 414 g/mol. The van der Waals surface area contributed by atoms with Gasteiger partial charge in [-0.15, -0.1) is 0 Å². The predicted molar refractivity (Wildman–Crippen MR) is 118 cm³/mol.